The summed E-state index contributed by atoms with van der Waals surface area (Å²) in [6.45, 7) is 7.86. The van der Waals surface area contributed by atoms with Gasteiger partial charge in [-0.15, -0.1) is 0 Å². The molecular weight excluding hydrogens is 364 g/mol. The number of methoxy groups -OCH3 is 1. The standard InChI is InChI=1S/C17H24O10/c1-7-17(8-23-9(2)18)15(25-11(4)20)13(22-6)14(24-10(3)19)16(27-17)26-12(5)21/h7,13-16H,1,8H2,2-6H3/t13-,14-,15+,16-,17-/m1/s1. The molecule has 10 heteroatoms. The average Bonchev–Trinajstić information content (AvgIpc) is 2.54. The summed E-state index contributed by atoms with van der Waals surface area (Å²) in [7, 11) is 1.29. The fourth-order valence-corrected chi connectivity index (χ4v) is 2.68. The number of rotatable bonds is 7. The van der Waals surface area contributed by atoms with Crippen LogP contribution < -0.4 is 0 Å². The van der Waals surface area contributed by atoms with E-state index in [1.54, 1.807) is 0 Å². The smallest absolute Gasteiger partial charge is 0.305 e. The van der Waals surface area contributed by atoms with Gasteiger partial charge in [-0.1, -0.05) is 12.7 Å². The molecule has 0 aromatic rings. The Morgan fingerprint density at radius 2 is 1.48 bits per heavy atom. The first-order valence-corrected chi connectivity index (χ1v) is 8.05. The highest BCUT2D eigenvalue weighted by Gasteiger charge is 2.59. The minimum absolute atomic E-state index is 0.409. The molecule has 0 aliphatic carbocycles. The first-order valence-electron chi connectivity index (χ1n) is 8.05. The topological polar surface area (TPSA) is 124 Å². The second-order valence-corrected chi connectivity index (χ2v) is 5.84. The summed E-state index contributed by atoms with van der Waals surface area (Å²) in [4.78, 5) is 45.9. The molecule has 0 bridgehead atoms. The zero-order chi connectivity index (χ0) is 20.8. The van der Waals surface area contributed by atoms with Crippen LogP contribution in [0.5, 0.6) is 0 Å². The van der Waals surface area contributed by atoms with Gasteiger partial charge in [0, 0.05) is 34.8 Å². The van der Waals surface area contributed by atoms with Crippen LogP contribution in [0.3, 0.4) is 0 Å². The maximum Gasteiger partial charge on any atom is 0.305 e. The molecule has 1 rings (SSSR count). The van der Waals surface area contributed by atoms with Gasteiger partial charge in [0.25, 0.3) is 0 Å². The molecule has 1 fully saturated rings. The van der Waals surface area contributed by atoms with E-state index in [1.807, 2.05) is 0 Å². The van der Waals surface area contributed by atoms with Crippen molar-refractivity contribution in [2.75, 3.05) is 13.7 Å². The van der Waals surface area contributed by atoms with E-state index < -0.39 is 60.7 Å². The largest absolute Gasteiger partial charge is 0.462 e. The minimum Gasteiger partial charge on any atom is -0.462 e. The quantitative estimate of drug-likeness (QED) is 0.341. The second-order valence-electron chi connectivity index (χ2n) is 5.84. The van der Waals surface area contributed by atoms with Gasteiger partial charge in [-0.05, 0) is 0 Å². The number of esters is 4. The van der Waals surface area contributed by atoms with Gasteiger partial charge < -0.3 is 28.4 Å². The van der Waals surface area contributed by atoms with Gasteiger partial charge in [-0.2, -0.15) is 0 Å². The number of carbonyl (C=O) groups is 4. The number of carbonyl (C=O) groups excluding carboxylic acids is 4. The van der Waals surface area contributed by atoms with Crippen molar-refractivity contribution in [1.82, 2.24) is 0 Å². The van der Waals surface area contributed by atoms with Crippen LogP contribution in [-0.4, -0.2) is 67.8 Å². The number of hydrogen-bond donors (Lipinski definition) is 0. The van der Waals surface area contributed by atoms with E-state index in [2.05, 4.69) is 6.58 Å². The van der Waals surface area contributed by atoms with Crippen LogP contribution in [-0.2, 0) is 47.6 Å². The Bertz CT molecular complexity index is 601. The van der Waals surface area contributed by atoms with Crippen LogP contribution in [0.4, 0.5) is 0 Å². The van der Waals surface area contributed by atoms with Crippen LogP contribution in [0.1, 0.15) is 27.7 Å². The average molecular weight is 388 g/mol. The van der Waals surface area contributed by atoms with Crippen molar-refractivity contribution in [2.24, 2.45) is 0 Å². The molecule has 0 aromatic heterocycles. The Morgan fingerprint density at radius 3 is 1.89 bits per heavy atom. The normalized spacial score (nSPS) is 30.0. The molecule has 0 radical (unpaired) electrons. The fraction of sp³-hybridized carbons (Fsp3) is 0.647. The van der Waals surface area contributed by atoms with E-state index in [4.69, 9.17) is 28.4 Å². The lowest BCUT2D eigenvalue weighted by atomic mass is 9.86. The second kappa shape index (κ2) is 9.47. The molecule has 0 spiro atoms. The summed E-state index contributed by atoms with van der Waals surface area (Å²) >= 11 is 0. The Labute approximate surface area is 156 Å². The van der Waals surface area contributed by atoms with Crippen molar-refractivity contribution in [2.45, 2.75) is 57.9 Å². The highest BCUT2D eigenvalue weighted by atomic mass is 16.7. The van der Waals surface area contributed by atoms with Crippen molar-refractivity contribution in [3.8, 4) is 0 Å². The lowest BCUT2D eigenvalue weighted by Gasteiger charge is -2.49. The predicted molar refractivity (Wildman–Crippen MR) is 88.1 cm³/mol. The van der Waals surface area contributed by atoms with Gasteiger partial charge >= 0.3 is 23.9 Å². The molecule has 1 heterocycles. The highest BCUT2D eigenvalue weighted by molar-refractivity contribution is 5.68. The van der Waals surface area contributed by atoms with Crippen LogP contribution in [0.15, 0.2) is 12.7 Å². The molecular formula is C17H24O10. The molecule has 1 aliphatic heterocycles. The van der Waals surface area contributed by atoms with Crippen molar-refractivity contribution < 1.29 is 47.6 Å². The third-order valence-electron chi connectivity index (χ3n) is 3.70. The number of ether oxygens (including phenoxy) is 6. The van der Waals surface area contributed by atoms with Gasteiger partial charge in [0.2, 0.25) is 6.29 Å². The maximum absolute atomic E-state index is 11.6. The Hall–Kier alpha value is -2.46. The maximum atomic E-state index is 11.6. The van der Waals surface area contributed by atoms with E-state index in [9.17, 15) is 19.2 Å². The molecule has 0 saturated carbocycles. The summed E-state index contributed by atoms with van der Waals surface area (Å²) < 4.78 is 31.8. The molecule has 0 N–H and O–H groups in total. The molecule has 0 unspecified atom stereocenters. The van der Waals surface area contributed by atoms with Gasteiger partial charge in [0.1, 0.15) is 12.7 Å². The summed E-state index contributed by atoms with van der Waals surface area (Å²) in [5, 5.41) is 0. The molecule has 10 nitrogen and oxygen atoms in total. The highest BCUT2D eigenvalue weighted by Crippen LogP contribution is 2.37. The van der Waals surface area contributed by atoms with Crippen LogP contribution in [0, 0.1) is 0 Å². The molecule has 5 atom stereocenters. The minimum atomic E-state index is -1.62. The van der Waals surface area contributed by atoms with Crippen LogP contribution in [0.25, 0.3) is 0 Å². The molecule has 0 aromatic carbocycles. The SMILES string of the molecule is C=C[C@]1(COC(C)=O)O[C@@H](OC(C)=O)[C@H](OC(C)=O)[C@@H](OC)[C@@H]1OC(C)=O. The zero-order valence-electron chi connectivity index (χ0n) is 15.9. The van der Waals surface area contributed by atoms with Gasteiger partial charge in [-0.3, -0.25) is 19.2 Å². The van der Waals surface area contributed by atoms with Gasteiger partial charge in [0.05, 0.1) is 0 Å². The molecule has 0 amide bonds. The Balaban J connectivity index is 3.42. The van der Waals surface area contributed by atoms with Crippen LogP contribution in [0.2, 0.25) is 0 Å². The van der Waals surface area contributed by atoms with E-state index in [0.29, 0.717) is 0 Å². The Morgan fingerprint density at radius 1 is 0.926 bits per heavy atom. The van der Waals surface area contributed by atoms with Gasteiger partial charge in [0.15, 0.2) is 17.8 Å². The molecule has 1 saturated heterocycles. The van der Waals surface area contributed by atoms with Crippen molar-refractivity contribution in [1.29, 1.82) is 0 Å². The van der Waals surface area contributed by atoms with E-state index in [-0.39, 0.29) is 0 Å². The number of hydrogen-bond acceptors (Lipinski definition) is 10. The van der Waals surface area contributed by atoms with E-state index >= 15 is 0 Å². The summed E-state index contributed by atoms with van der Waals surface area (Å²) in [6, 6.07) is 0. The molecule has 27 heavy (non-hydrogen) atoms. The van der Waals surface area contributed by atoms with E-state index in [0.717, 1.165) is 20.8 Å². The lowest BCUT2D eigenvalue weighted by molar-refractivity contribution is -0.322. The van der Waals surface area contributed by atoms with E-state index in [1.165, 1.54) is 20.1 Å². The first-order chi connectivity index (χ1) is 12.6. The summed E-state index contributed by atoms with van der Waals surface area (Å²) in [5.74, 6) is -2.73. The molecule has 1 aliphatic rings. The van der Waals surface area contributed by atoms with Crippen molar-refractivity contribution >= 4 is 23.9 Å². The third-order valence-corrected chi connectivity index (χ3v) is 3.70. The van der Waals surface area contributed by atoms with Gasteiger partial charge in [-0.25, -0.2) is 0 Å². The van der Waals surface area contributed by atoms with Crippen molar-refractivity contribution in [3.63, 3.8) is 0 Å². The fourth-order valence-electron chi connectivity index (χ4n) is 2.68. The predicted octanol–water partition coefficient (Wildman–Crippen LogP) is 0.272. The third kappa shape index (κ3) is 5.76. The lowest BCUT2D eigenvalue weighted by Crippen LogP contribution is -2.68. The van der Waals surface area contributed by atoms with Crippen LogP contribution >= 0.6 is 0 Å². The Kier molecular flexibility index (Phi) is 7.92. The molecule has 152 valence electrons. The van der Waals surface area contributed by atoms with Crippen molar-refractivity contribution in [3.05, 3.63) is 12.7 Å². The summed E-state index contributed by atoms with van der Waals surface area (Å²) in [5.41, 5.74) is -1.62. The zero-order valence-corrected chi connectivity index (χ0v) is 15.9. The monoisotopic (exact) mass is 388 g/mol. The summed E-state index contributed by atoms with van der Waals surface area (Å²) in [6.07, 6.45) is -3.74. The first kappa shape index (κ1) is 22.6.